The molecular formula is C22H19N5O2S. The number of carbonyl (C=O) groups is 2. The Kier molecular flexibility index (Phi) is 4.36. The van der Waals surface area contributed by atoms with Crippen molar-refractivity contribution in [1.29, 1.82) is 0 Å². The molecule has 7 nitrogen and oxygen atoms in total. The van der Waals surface area contributed by atoms with Crippen LogP contribution in [0.2, 0.25) is 0 Å². The third kappa shape index (κ3) is 2.80. The van der Waals surface area contributed by atoms with Crippen LogP contribution in [0.4, 0.5) is 5.95 Å². The van der Waals surface area contributed by atoms with Gasteiger partial charge in [0.15, 0.2) is 0 Å². The predicted molar refractivity (Wildman–Crippen MR) is 118 cm³/mol. The molecule has 150 valence electrons. The number of hydrogen-bond acceptors (Lipinski definition) is 5. The molecule has 0 bridgehead atoms. The van der Waals surface area contributed by atoms with E-state index in [1.165, 1.54) is 13.8 Å². The van der Waals surface area contributed by atoms with Crippen LogP contribution < -0.4 is 9.91 Å². The molecule has 30 heavy (non-hydrogen) atoms. The molecule has 0 saturated heterocycles. The first kappa shape index (κ1) is 18.5. The van der Waals surface area contributed by atoms with E-state index < -0.39 is 0 Å². The molecule has 1 aliphatic heterocycles. The Labute approximate surface area is 177 Å². The highest BCUT2D eigenvalue weighted by Gasteiger charge is 2.34. The van der Waals surface area contributed by atoms with Gasteiger partial charge in [0.25, 0.3) is 0 Å². The van der Waals surface area contributed by atoms with E-state index in [0.29, 0.717) is 19.0 Å². The second-order valence-electron chi connectivity index (χ2n) is 7.12. The molecular weight excluding hydrogens is 398 g/mol. The van der Waals surface area contributed by atoms with Crippen LogP contribution in [0.1, 0.15) is 13.8 Å². The van der Waals surface area contributed by atoms with Crippen molar-refractivity contribution in [3.8, 4) is 22.5 Å². The highest BCUT2D eigenvalue weighted by atomic mass is 32.1. The quantitative estimate of drug-likeness (QED) is 0.499. The summed E-state index contributed by atoms with van der Waals surface area (Å²) < 4.78 is 2.94. The normalized spacial score (nSPS) is 13.5. The summed E-state index contributed by atoms with van der Waals surface area (Å²) in [6.45, 7) is 3.86. The van der Waals surface area contributed by atoms with E-state index in [9.17, 15) is 9.59 Å². The smallest absolute Gasteiger partial charge is 0.238 e. The Morgan fingerprint density at radius 1 is 1.00 bits per heavy atom. The molecule has 0 aliphatic carbocycles. The number of anilines is 1. The summed E-state index contributed by atoms with van der Waals surface area (Å²) in [4.78, 5) is 35.5. The first-order chi connectivity index (χ1) is 14.6. The SMILES string of the molecule is CC(=O)N1CCN(C(C)=O)n2c1nc(-c1csc3ccccc13)c2-c1ccncc1. The second kappa shape index (κ2) is 7.07. The third-order valence-electron chi connectivity index (χ3n) is 5.29. The van der Waals surface area contributed by atoms with E-state index in [2.05, 4.69) is 22.5 Å². The molecule has 3 aromatic heterocycles. The highest BCUT2D eigenvalue weighted by Crippen LogP contribution is 2.41. The van der Waals surface area contributed by atoms with Crippen molar-refractivity contribution in [1.82, 2.24) is 14.6 Å². The summed E-state index contributed by atoms with van der Waals surface area (Å²) in [5, 5.41) is 4.83. The topological polar surface area (TPSA) is 71.3 Å². The molecule has 4 heterocycles. The number of hydrogen-bond donors (Lipinski definition) is 0. The number of imidazole rings is 1. The summed E-state index contributed by atoms with van der Waals surface area (Å²) in [6, 6.07) is 12.0. The van der Waals surface area contributed by atoms with Crippen molar-refractivity contribution in [3.05, 3.63) is 54.2 Å². The van der Waals surface area contributed by atoms with Gasteiger partial charge in [-0.3, -0.25) is 19.5 Å². The molecule has 0 N–H and O–H groups in total. The number of amides is 2. The summed E-state index contributed by atoms with van der Waals surface area (Å²) in [7, 11) is 0. The van der Waals surface area contributed by atoms with Crippen molar-refractivity contribution in [2.45, 2.75) is 13.8 Å². The predicted octanol–water partition coefficient (Wildman–Crippen LogP) is 3.68. The Morgan fingerprint density at radius 2 is 1.77 bits per heavy atom. The number of aromatic nitrogens is 3. The Balaban J connectivity index is 1.87. The number of rotatable bonds is 2. The van der Waals surface area contributed by atoms with E-state index in [-0.39, 0.29) is 11.8 Å². The Bertz CT molecular complexity index is 1280. The minimum absolute atomic E-state index is 0.103. The number of carbonyl (C=O) groups excluding carboxylic acids is 2. The molecule has 0 unspecified atom stereocenters. The van der Waals surface area contributed by atoms with Crippen molar-refractivity contribution in [2.24, 2.45) is 0 Å². The van der Waals surface area contributed by atoms with Crippen LogP contribution >= 0.6 is 11.3 Å². The molecule has 0 spiro atoms. The van der Waals surface area contributed by atoms with Gasteiger partial charge in [-0.25, -0.2) is 14.7 Å². The zero-order chi connectivity index (χ0) is 20.8. The van der Waals surface area contributed by atoms with Crippen LogP contribution in [0.25, 0.3) is 32.6 Å². The first-order valence-corrected chi connectivity index (χ1v) is 10.5. The van der Waals surface area contributed by atoms with Crippen molar-refractivity contribution in [3.63, 3.8) is 0 Å². The summed E-state index contributed by atoms with van der Waals surface area (Å²) in [5.41, 5.74) is 3.38. The molecule has 0 fully saturated rings. The fourth-order valence-electron chi connectivity index (χ4n) is 3.91. The lowest BCUT2D eigenvalue weighted by Crippen LogP contribution is -2.52. The summed E-state index contributed by atoms with van der Waals surface area (Å²) >= 11 is 1.65. The molecule has 8 heteroatoms. The molecule has 5 rings (SSSR count). The maximum Gasteiger partial charge on any atom is 0.238 e. The highest BCUT2D eigenvalue weighted by molar-refractivity contribution is 7.17. The number of nitrogens with zero attached hydrogens (tertiary/aromatic N) is 5. The van der Waals surface area contributed by atoms with Gasteiger partial charge in [-0.05, 0) is 18.2 Å². The number of pyridine rings is 1. The average molecular weight is 417 g/mol. The van der Waals surface area contributed by atoms with Crippen LogP contribution in [-0.4, -0.2) is 39.5 Å². The molecule has 0 atom stereocenters. The molecule has 1 aromatic carbocycles. The van der Waals surface area contributed by atoms with Gasteiger partial charge < -0.3 is 0 Å². The lowest BCUT2D eigenvalue weighted by molar-refractivity contribution is -0.119. The van der Waals surface area contributed by atoms with E-state index >= 15 is 0 Å². The number of benzene rings is 1. The van der Waals surface area contributed by atoms with Gasteiger partial charge in [-0.1, -0.05) is 18.2 Å². The van der Waals surface area contributed by atoms with Gasteiger partial charge in [0.2, 0.25) is 17.8 Å². The van der Waals surface area contributed by atoms with Crippen LogP contribution in [-0.2, 0) is 9.59 Å². The second-order valence-corrected chi connectivity index (χ2v) is 8.03. The van der Waals surface area contributed by atoms with Crippen LogP contribution in [0.3, 0.4) is 0 Å². The van der Waals surface area contributed by atoms with Gasteiger partial charge >= 0.3 is 0 Å². The molecule has 2 amide bonds. The zero-order valence-corrected chi connectivity index (χ0v) is 17.4. The van der Waals surface area contributed by atoms with Gasteiger partial charge in [0, 0.05) is 59.4 Å². The molecule has 0 saturated carbocycles. The fraction of sp³-hybridized carbons (Fsp3) is 0.182. The Morgan fingerprint density at radius 3 is 2.50 bits per heavy atom. The molecule has 1 aliphatic rings. The third-order valence-corrected chi connectivity index (χ3v) is 6.25. The van der Waals surface area contributed by atoms with E-state index in [4.69, 9.17) is 4.98 Å². The summed E-state index contributed by atoms with van der Waals surface area (Å²) in [6.07, 6.45) is 3.43. The van der Waals surface area contributed by atoms with Gasteiger partial charge in [-0.15, -0.1) is 11.3 Å². The van der Waals surface area contributed by atoms with Crippen LogP contribution in [0.5, 0.6) is 0 Å². The maximum absolute atomic E-state index is 12.5. The van der Waals surface area contributed by atoms with Gasteiger partial charge in [0.1, 0.15) is 11.4 Å². The van der Waals surface area contributed by atoms with E-state index in [1.54, 1.807) is 38.3 Å². The number of fused-ring (bicyclic) bond motifs is 2. The fourth-order valence-corrected chi connectivity index (χ4v) is 4.86. The maximum atomic E-state index is 12.5. The molecule has 0 radical (unpaired) electrons. The van der Waals surface area contributed by atoms with Gasteiger partial charge in [-0.2, -0.15) is 0 Å². The molecule has 4 aromatic rings. The zero-order valence-electron chi connectivity index (χ0n) is 16.6. The number of thiophene rings is 1. The lowest BCUT2D eigenvalue weighted by atomic mass is 10.1. The van der Waals surface area contributed by atoms with E-state index in [1.807, 2.05) is 24.3 Å². The Hall–Kier alpha value is -3.52. The van der Waals surface area contributed by atoms with E-state index in [0.717, 1.165) is 32.6 Å². The summed E-state index contributed by atoms with van der Waals surface area (Å²) in [5.74, 6) is 0.252. The minimum Gasteiger partial charge on any atom is -0.279 e. The van der Waals surface area contributed by atoms with Crippen molar-refractivity contribution >= 4 is 39.2 Å². The minimum atomic E-state index is -0.104. The standard InChI is InChI=1S/C22H19N5O2S/c1-14(28)25-11-12-26(15(2)29)27-21(16-7-9-23-10-8-16)20(24-22(25)27)18-13-30-19-6-4-3-5-17(18)19/h3-10,13H,11-12H2,1-2H3. The van der Waals surface area contributed by atoms with Gasteiger partial charge in [0.05, 0.1) is 6.54 Å². The van der Waals surface area contributed by atoms with Crippen molar-refractivity contribution < 1.29 is 9.59 Å². The van der Waals surface area contributed by atoms with Crippen LogP contribution in [0.15, 0.2) is 54.2 Å². The monoisotopic (exact) mass is 417 g/mol. The first-order valence-electron chi connectivity index (χ1n) is 9.62. The van der Waals surface area contributed by atoms with Crippen molar-refractivity contribution in [2.75, 3.05) is 23.0 Å². The lowest BCUT2D eigenvalue weighted by Gasteiger charge is -2.35. The van der Waals surface area contributed by atoms with Crippen LogP contribution in [0, 0.1) is 0 Å². The largest absolute Gasteiger partial charge is 0.279 e. The average Bonchev–Trinajstić information content (AvgIpc) is 3.35.